The number of carbonyl (C=O) groups is 1. The number of H-pyrrole nitrogens is 1. The molecule has 0 radical (unpaired) electrons. The van der Waals surface area contributed by atoms with E-state index in [-0.39, 0.29) is 5.91 Å². The van der Waals surface area contributed by atoms with Gasteiger partial charge in [-0.25, -0.2) is 0 Å². The number of rotatable bonds is 3. The molecule has 1 N–H and O–H groups in total. The molecule has 0 unspecified atom stereocenters. The van der Waals surface area contributed by atoms with Crippen molar-refractivity contribution in [2.24, 2.45) is 5.92 Å². The van der Waals surface area contributed by atoms with E-state index in [1.165, 1.54) is 5.56 Å². The Hall–Kier alpha value is -2.70. The number of benzene rings is 1. The Kier molecular flexibility index (Phi) is 3.76. The van der Waals surface area contributed by atoms with Gasteiger partial charge in [-0.2, -0.15) is 20.5 Å². The summed E-state index contributed by atoms with van der Waals surface area (Å²) in [6, 6.07) is 5.46. The topological polar surface area (TPSA) is 79.7 Å². The monoisotopic (exact) mass is 324 g/mol. The van der Waals surface area contributed by atoms with Crippen LogP contribution < -0.4 is 0 Å². The summed E-state index contributed by atoms with van der Waals surface area (Å²) >= 11 is 0. The van der Waals surface area contributed by atoms with Crippen LogP contribution in [0, 0.1) is 12.8 Å². The van der Waals surface area contributed by atoms with Crippen molar-refractivity contribution in [3.63, 3.8) is 0 Å². The number of fused-ring (bicyclic) bond motifs is 1. The fourth-order valence-corrected chi connectivity index (χ4v) is 3.31. The van der Waals surface area contributed by atoms with Gasteiger partial charge in [0.25, 0.3) is 5.91 Å². The lowest BCUT2D eigenvalue weighted by Gasteiger charge is -2.32. The maximum atomic E-state index is 12.7. The van der Waals surface area contributed by atoms with Crippen LogP contribution in [0.5, 0.6) is 0 Å². The molecule has 1 amide bonds. The summed E-state index contributed by atoms with van der Waals surface area (Å²) in [6.07, 6.45) is 5.98. The third-order valence-electron chi connectivity index (χ3n) is 4.67. The van der Waals surface area contributed by atoms with Crippen molar-refractivity contribution in [2.45, 2.75) is 26.3 Å². The summed E-state index contributed by atoms with van der Waals surface area (Å²) in [5.74, 6) is 0.652. The number of likely N-dealkylation sites (tertiary alicyclic amines) is 1. The Bertz CT molecular complexity index is 859. The van der Waals surface area contributed by atoms with Gasteiger partial charge >= 0.3 is 0 Å². The van der Waals surface area contributed by atoms with E-state index in [2.05, 4.69) is 33.6 Å². The number of hydrogen-bond donors (Lipinski definition) is 1. The molecule has 3 aromatic rings. The molecule has 7 nitrogen and oxygen atoms in total. The zero-order chi connectivity index (χ0) is 16.5. The summed E-state index contributed by atoms with van der Waals surface area (Å²) in [5, 5.41) is 15.0. The molecule has 7 heteroatoms. The fraction of sp³-hybridized carbons (Fsp3) is 0.412. The summed E-state index contributed by atoms with van der Waals surface area (Å²) in [6.45, 7) is 4.57. The van der Waals surface area contributed by atoms with Crippen LogP contribution in [-0.4, -0.2) is 49.1 Å². The number of nitrogens with one attached hydrogen (secondary N) is 1. The molecule has 0 spiro atoms. The molecule has 1 fully saturated rings. The highest BCUT2D eigenvalue weighted by Gasteiger charge is 2.24. The third kappa shape index (κ3) is 2.89. The summed E-state index contributed by atoms with van der Waals surface area (Å²) < 4.78 is 2.01. The first-order valence-corrected chi connectivity index (χ1v) is 8.28. The molecule has 3 heterocycles. The minimum absolute atomic E-state index is 0.0771. The number of hydrogen-bond acceptors (Lipinski definition) is 4. The second-order valence-corrected chi connectivity index (χ2v) is 6.50. The molecule has 24 heavy (non-hydrogen) atoms. The van der Waals surface area contributed by atoms with Crippen LogP contribution in [0.1, 0.15) is 28.8 Å². The van der Waals surface area contributed by atoms with E-state index in [1.54, 1.807) is 6.07 Å². The number of aromatic nitrogens is 5. The fourth-order valence-electron chi connectivity index (χ4n) is 3.31. The van der Waals surface area contributed by atoms with Crippen molar-refractivity contribution in [3.8, 4) is 0 Å². The van der Waals surface area contributed by atoms with Gasteiger partial charge in [-0.3, -0.25) is 9.48 Å². The van der Waals surface area contributed by atoms with E-state index in [4.69, 9.17) is 0 Å². The van der Waals surface area contributed by atoms with Crippen LogP contribution in [0.15, 0.2) is 30.6 Å². The first kappa shape index (κ1) is 14.9. The van der Waals surface area contributed by atoms with Crippen LogP contribution >= 0.6 is 0 Å². The zero-order valence-electron chi connectivity index (χ0n) is 13.6. The molecule has 0 bridgehead atoms. The predicted molar refractivity (Wildman–Crippen MR) is 89.5 cm³/mol. The lowest BCUT2D eigenvalue weighted by atomic mass is 9.96. The molecule has 0 atom stereocenters. The van der Waals surface area contributed by atoms with Crippen LogP contribution in [0.2, 0.25) is 0 Å². The molecule has 0 saturated carbocycles. The standard InChI is InChI=1S/C17H20N6O/c1-12-9-18-23(10-12)11-13-4-6-22(7-5-13)17(24)14-2-3-15-16(8-14)20-21-19-15/h2-3,8-10,13H,4-7,11H2,1H3,(H,19,20,21). The summed E-state index contributed by atoms with van der Waals surface area (Å²) in [5.41, 5.74) is 3.37. The maximum Gasteiger partial charge on any atom is 0.253 e. The van der Waals surface area contributed by atoms with Gasteiger partial charge in [0.2, 0.25) is 0 Å². The van der Waals surface area contributed by atoms with Gasteiger partial charge in [0.15, 0.2) is 0 Å². The zero-order valence-corrected chi connectivity index (χ0v) is 13.6. The molecule has 1 aliphatic rings. The summed E-state index contributed by atoms with van der Waals surface area (Å²) in [7, 11) is 0. The summed E-state index contributed by atoms with van der Waals surface area (Å²) in [4.78, 5) is 14.6. The van der Waals surface area contributed by atoms with Crippen molar-refractivity contribution in [2.75, 3.05) is 13.1 Å². The average Bonchev–Trinajstić information content (AvgIpc) is 3.23. The van der Waals surface area contributed by atoms with E-state index in [0.717, 1.165) is 43.5 Å². The molecular weight excluding hydrogens is 304 g/mol. The molecule has 124 valence electrons. The van der Waals surface area contributed by atoms with Gasteiger partial charge in [-0.15, -0.1) is 0 Å². The Morgan fingerprint density at radius 1 is 1.25 bits per heavy atom. The van der Waals surface area contributed by atoms with E-state index < -0.39 is 0 Å². The number of amides is 1. The van der Waals surface area contributed by atoms with E-state index in [1.807, 2.05) is 27.9 Å². The average molecular weight is 324 g/mol. The molecule has 1 saturated heterocycles. The number of piperidine rings is 1. The Morgan fingerprint density at radius 3 is 2.79 bits per heavy atom. The first-order valence-electron chi connectivity index (χ1n) is 8.28. The highest BCUT2D eigenvalue weighted by molar-refractivity contribution is 5.97. The van der Waals surface area contributed by atoms with Crippen LogP contribution in [-0.2, 0) is 6.54 Å². The van der Waals surface area contributed by atoms with E-state index >= 15 is 0 Å². The quantitative estimate of drug-likeness (QED) is 0.799. The minimum atomic E-state index is 0.0771. The van der Waals surface area contributed by atoms with Crippen LogP contribution in [0.4, 0.5) is 0 Å². The van der Waals surface area contributed by atoms with Crippen molar-refractivity contribution < 1.29 is 4.79 Å². The predicted octanol–water partition coefficient (Wildman–Crippen LogP) is 2.02. The molecule has 4 rings (SSSR count). The van der Waals surface area contributed by atoms with Gasteiger partial charge in [-0.05, 0) is 49.4 Å². The number of aryl methyl sites for hydroxylation is 1. The molecule has 0 aliphatic carbocycles. The smallest absolute Gasteiger partial charge is 0.253 e. The maximum absolute atomic E-state index is 12.7. The highest BCUT2D eigenvalue weighted by atomic mass is 16.2. The molecule has 1 aliphatic heterocycles. The van der Waals surface area contributed by atoms with Crippen molar-refractivity contribution in [3.05, 3.63) is 41.7 Å². The minimum Gasteiger partial charge on any atom is -0.339 e. The van der Waals surface area contributed by atoms with E-state index in [0.29, 0.717) is 11.5 Å². The highest BCUT2D eigenvalue weighted by Crippen LogP contribution is 2.21. The van der Waals surface area contributed by atoms with Gasteiger partial charge in [0, 0.05) is 31.4 Å². The van der Waals surface area contributed by atoms with Gasteiger partial charge in [0.05, 0.1) is 6.20 Å². The Balaban J connectivity index is 1.38. The molecule has 1 aromatic carbocycles. The normalized spacial score (nSPS) is 16.0. The Morgan fingerprint density at radius 2 is 2.04 bits per heavy atom. The Labute approximate surface area is 139 Å². The lowest BCUT2D eigenvalue weighted by Crippen LogP contribution is -2.39. The lowest BCUT2D eigenvalue weighted by molar-refractivity contribution is 0.0681. The van der Waals surface area contributed by atoms with Crippen molar-refractivity contribution in [1.82, 2.24) is 30.1 Å². The second-order valence-electron chi connectivity index (χ2n) is 6.50. The number of aromatic amines is 1. The first-order chi connectivity index (χ1) is 11.7. The van der Waals surface area contributed by atoms with E-state index in [9.17, 15) is 4.79 Å². The largest absolute Gasteiger partial charge is 0.339 e. The van der Waals surface area contributed by atoms with Crippen molar-refractivity contribution >= 4 is 16.9 Å². The van der Waals surface area contributed by atoms with Crippen molar-refractivity contribution in [1.29, 1.82) is 0 Å². The van der Waals surface area contributed by atoms with Gasteiger partial charge in [-0.1, -0.05) is 0 Å². The number of carbonyl (C=O) groups excluding carboxylic acids is 1. The third-order valence-corrected chi connectivity index (χ3v) is 4.67. The SMILES string of the molecule is Cc1cnn(CC2CCN(C(=O)c3ccc4n[nH]nc4c3)CC2)c1. The number of nitrogens with zero attached hydrogens (tertiary/aromatic N) is 5. The van der Waals surface area contributed by atoms with Crippen LogP contribution in [0.3, 0.4) is 0 Å². The molecule has 2 aromatic heterocycles. The molecular formula is C17H20N6O. The van der Waals surface area contributed by atoms with Gasteiger partial charge in [0.1, 0.15) is 11.0 Å². The van der Waals surface area contributed by atoms with Crippen LogP contribution in [0.25, 0.3) is 11.0 Å². The van der Waals surface area contributed by atoms with Gasteiger partial charge < -0.3 is 4.90 Å². The second kappa shape index (κ2) is 6.07.